The lowest BCUT2D eigenvalue weighted by Crippen LogP contribution is -2.34. The Morgan fingerprint density at radius 3 is 1.10 bits per heavy atom. The SMILES string of the molecule is COCCOCCN1C(=O)C2C(C)=CC=C(C)C2C1=O.COCCOCCn1nc2c(C)c3ccccc3c(C)c2n1.COCCOCCn1nc2c(C)ccc(C)c2n1.COCCOCCn1nnc2c(C)c3ccccc3c(C)c21.Cc1ccc(C)c2nn(-c3ccccc3)nc12. The van der Waals surface area contributed by atoms with Crippen molar-refractivity contribution in [3.05, 3.63) is 171 Å². The number of likely N-dealkylation sites (tertiary alicyclic amines) is 1. The predicted octanol–water partition coefficient (Wildman–Crippen LogP) is 11.6. The number of allylic oxidation sites excluding steroid dienone is 2. The molecule has 0 saturated carbocycles. The monoisotopic (exact) mass is 1350 g/mol. The lowest BCUT2D eigenvalue weighted by Gasteiger charge is -2.20. The van der Waals surface area contributed by atoms with E-state index < -0.39 is 0 Å². The van der Waals surface area contributed by atoms with Gasteiger partial charge in [-0.3, -0.25) is 14.5 Å². The molecule has 524 valence electrons. The number of ether oxygens (including phenoxy) is 8. The molecule has 5 heterocycles. The van der Waals surface area contributed by atoms with Crippen LogP contribution in [0.5, 0.6) is 0 Å². The third-order valence-corrected chi connectivity index (χ3v) is 17.7. The first-order valence-electron chi connectivity index (χ1n) is 33.6. The van der Waals surface area contributed by atoms with Gasteiger partial charge >= 0.3 is 0 Å². The molecular weight excluding hydrogens is 1250 g/mol. The third kappa shape index (κ3) is 18.1. The quantitative estimate of drug-likeness (QED) is 0.0382. The number of hydrogen-bond donors (Lipinski definition) is 0. The van der Waals surface area contributed by atoms with Crippen LogP contribution in [0.25, 0.3) is 71.4 Å². The molecule has 1 saturated heterocycles. The number of carbonyl (C=O) groups is 2. The first kappa shape index (κ1) is 74.2. The maximum absolute atomic E-state index is 12.4. The molecule has 23 heteroatoms. The fourth-order valence-corrected chi connectivity index (χ4v) is 12.1. The van der Waals surface area contributed by atoms with E-state index in [4.69, 9.17) is 37.9 Å². The highest BCUT2D eigenvalue weighted by Gasteiger charge is 2.49. The number of fused-ring (bicyclic) bond motifs is 7. The van der Waals surface area contributed by atoms with Crippen molar-refractivity contribution in [1.82, 2.24) is 64.9 Å². The van der Waals surface area contributed by atoms with Crippen molar-refractivity contribution < 1.29 is 47.5 Å². The van der Waals surface area contributed by atoms with Crippen molar-refractivity contribution in [1.29, 1.82) is 0 Å². The number of aromatic nitrogens is 12. The number of carbonyl (C=O) groups excluding carboxylic acids is 2. The summed E-state index contributed by atoms with van der Waals surface area (Å²) in [6, 6.07) is 35.1. The van der Waals surface area contributed by atoms with Crippen LogP contribution in [0, 0.1) is 67.2 Å². The zero-order valence-corrected chi connectivity index (χ0v) is 59.8. The molecule has 2 atom stereocenters. The van der Waals surface area contributed by atoms with Crippen LogP contribution in [0.1, 0.15) is 58.4 Å². The molecule has 2 unspecified atom stereocenters. The molecule has 99 heavy (non-hydrogen) atoms. The highest BCUT2D eigenvalue weighted by molar-refractivity contribution is 6.08. The normalized spacial score (nSPS) is 14.3. The van der Waals surface area contributed by atoms with Gasteiger partial charge in [0, 0.05) is 28.4 Å². The number of nitrogens with zero attached hydrogens (tertiary/aromatic N) is 13. The number of imide groups is 1. The highest BCUT2D eigenvalue weighted by atomic mass is 16.5. The van der Waals surface area contributed by atoms with Gasteiger partial charge in [-0.15, -0.1) is 15.3 Å². The summed E-state index contributed by atoms with van der Waals surface area (Å²) in [6.07, 6.45) is 3.86. The van der Waals surface area contributed by atoms with E-state index in [1.807, 2.05) is 61.0 Å². The topological polar surface area (TPSA) is 234 Å². The second kappa shape index (κ2) is 36.2. The molecule has 7 aromatic carbocycles. The summed E-state index contributed by atoms with van der Waals surface area (Å²) in [7, 11) is 6.61. The lowest BCUT2D eigenvalue weighted by molar-refractivity contribution is -0.140. The maximum Gasteiger partial charge on any atom is 0.237 e. The van der Waals surface area contributed by atoms with Crippen LogP contribution < -0.4 is 0 Å². The molecule has 1 fully saturated rings. The Morgan fingerprint density at radius 2 is 0.697 bits per heavy atom. The van der Waals surface area contributed by atoms with Crippen molar-refractivity contribution in [2.75, 3.05) is 114 Å². The first-order chi connectivity index (χ1) is 48.0. The summed E-state index contributed by atoms with van der Waals surface area (Å²) >= 11 is 0. The van der Waals surface area contributed by atoms with Crippen LogP contribution in [0.3, 0.4) is 0 Å². The maximum atomic E-state index is 12.4. The van der Waals surface area contributed by atoms with Crippen LogP contribution in [0.4, 0.5) is 0 Å². The second-order valence-electron chi connectivity index (χ2n) is 24.5. The van der Waals surface area contributed by atoms with Crippen molar-refractivity contribution in [3.8, 4) is 5.69 Å². The molecule has 1 aliphatic carbocycles. The second-order valence-corrected chi connectivity index (χ2v) is 24.5. The van der Waals surface area contributed by atoms with Gasteiger partial charge in [-0.05, 0) is 147 Å². The summed E-state index contributed by atoms with van der Waals surface area (Å²) < 4.78 is 43.4. The zero-order chi connectivity index (χ0) is 70.5. The van der Waals surface area contributed by atoms with E-state index in [0.717, 1.165) is 83.2 Å². The average molecular weight is 1350 g/mol. The van der Waals surface area contributed by atoms with Gasteiger partial charge < -0.3 is 37.9 Å². The van der Waals surface area contributed by atoms with Gasteiger partial charge in [0.2, 0.25) is 11.8 Å². The smallest absolute Gasteiger partial charge is 0.237 e. The number of benzene rings is 7. The summed E-state index contributed by atoms with van der Waals surface area (Å²) in [4.78, 5) is 31.2. The summed E-state index contributed by atoms with van der Waals surface area (Å²) in [6.45, 7) is 29.6. The van der Waals surface area contributed by atoms with Gasteiger partial charge in [-0.25, -0.2) is 4.68 Å². The van der Waals surface area contributed by atoms with E-state index in [1.165, 1.54) is 48.7 Å². The van der Waals surface area contributed by atoms with Crippen LogP contribution in [0.15, 0.2) is 126 Å². The standard InChI is InChI=1S/2C17H21N3O2.C15H21NO4.C14H13N3.C13H19N3O2/c1-12-14-6-4-5-7-15(14)13(2)17-16(12)18-19-20(17)8-9-22-11-10-21-3;1-12-14-6-4-5-7-15(14)13(2)17-16(12)18-20(19-17)8-9-22-11-10-21-3;1-10-4-5-11(2)13-12(10)14(17)16(15(13)18)6-7-20-9-8-19-3;1-10-8-9-11(2)14-13(10)15-17(16-14)12-6-4-3-5-7-12;1-10-4-5-11(2)13-12(10)14-16(15-13)6-7-18-9-8-17-3/h2*4-7H,8-11H2,1-3H3;4-5,12-13H,6-9H2,1-3H3;3-9H,1-2H3;4-5H,6-9H2,1-3H3. The van der Waals surface area contributed by atoms with Crippen LogP contribution in [-0.2, 0) is 67.1 Å². The molecule has 0 spiro atoms. The minimum atomic E-state index is -0.313. The van der Waals surface area contributed by atoms with Gasteiger partial charge in [0.05, 0.1) is 129 Å². The zero-order valence-electron chi connectivity index (χ0n) is 59.8. The molecule has 0 bridgehead atoms. The van der Waals surface area contributed by atoms with Crippen molar-refractivity contribution in [3.63, 3.8) is 0 Å². The molecule has 11 aromatic rings. The van der Waals surface area contributed by atoms with Crippen molar-refractivity contribution >= 4 is 77.5 Å². The van der Waals surface area contributed by atoms with E-state index >= 15 is 0 Å². The average Bonchev–Trinajstić information content (AvgIpc) is 1.42. The molecule has 1 aliphatic heterocycles. The molecule has 4 aromatic heterocycles. The number of para-hydroxylation sites is 1. The molecule has 0 N–H and O–H groups in total. The predicted molar refractivity (Wildman–Crippen MR) is 386 cm³/mol. The van der Waals surface area contributed by atoms with E-state index in [9.17, 15) is 9.59 Å². The van der Waals surface area contributed by atoms with E-state index in [-0.39, 0.29) is 23.7 Å². The van der Waals surface area contributed by atoms with Gasteiger partial charge in [-0.1, -0.05) is 120 Å². The Bertz CT molecular complexity index is 4370. The Kier molecular flexibility index (Phi) is 27.1. The van der Waals surface area contributed by atoms with Gasteiger partial charge in [-0.2, -0.15) is 34.8 Å². The van der Waals surface area contributed by atoms with Crippen LogP contribution >= 0.6 is 0 Å². The van der Waals surface area contributed by atoms with Crippen LogP contribution in [-0.4, -0.2) is 191 Å². The molecule has 0 radical (unpaired) electrons. The number of rotatable bonds is 25. The van der Waals surface area contributed by atoms with E-state index in [0.29, 0.717) is 105 Å². The van der Waals surface area contributed by atoms with E-state index in [2.05, 4.69) is 169 Å². The number of amides is 2. The fraction of sp³-hybridized carbons (Fsp3) is 0.421. The number of methoxy groups -OCH3 is 4. The molecular formula is C76H95N13O10. The van der Waals surface area contributed by atoms with Crippen LogP contribution in [0.2, 0.25) is 0 Å². The number of hydrogen-bond acceptors (Lipinski definition) is 18. The minimum absolute atomic E-state index is 0.100. The van der Waals surface area contributed by atoms with Crippen molar-refractivity contribution in [2.45, 2.75) is 88.9 Å². The van der Waals surface area contributed by atoms with Gasteiger partial charge in [0.1, 0.15) is 38.6 Å². The lowest BCUT2D eigenvalue weighted by atomic mass is 9.80. The summed E-state index contributed by atoms with van der Waals surface area (Å²) in [5.41, 5.74) is 20.3. The first-order valence-corrected chi connectivity index (χ1v) is 33.6. The minimum Gasteiger partial charge on any atom is -0.382 e. The Labute approximate surface area is 578 Å². The third-order valence-electron chi connectivity index (χ3n) is 17.7. The number of aryl methyl sites for hydroxylation is 8. The Hall–Kier alpha value is -9.04. The summed E-state index contributed by atoms with van der Waals surface area (Å²) in [5, 5.41) is 41.0. The summed E-state index contributed by atoms with van der Waals surface area (Å²) in [5.74, 6) is -0.828. The largest absolute Gasteiger partial charge is 0.382 e. The van der Waals surface area contributed by atoms with Gasteiger partial charge in [0.25, 0.3) is 0 Å². The fourth-order valence-electron chi connectivity index (χ4n) is 12.1. The van der Waals surface area contributed by atoms with Gasteiger partial charge in [0.15, 0.2) is 0 Å². The molecule has 2 amide bonds. The Balaban J connectivity index is 0.000000145. The van der Waals surface area contributed by atoms with E-state index in [1.54, 1.807) is 42.8 Å². The Morgan fingerprint density at radius 1 is 0.354 bits per heavy atom. The molecule has 2 aliphatic rings. The van der Waals surface area contributed by atoms with Crippen molar-refractivity contribution in [2.24, 2.45) is 11.8 Å². The molecule has 13 rings (SSSR count). The molecule has 23 nitrogen and oxygen atoms in total. The highest BCUT2D eigenvalue weighted by Crippen LogP contribution is 2.39.